The van der Waals surface area contributed by atoms with Gasteiger partial charge in [0.05, 0.1) is 57.9 Å². The second-order valence-electron chi connectivity index (χ2n) is 10.8. The Hall–Kier alpha value is -4.23. The minimum Gasteiger partial charge on any atom is -0.478 e. The molecule has 4 rings (SSSR count). The molecule has 1 saturated heterocycles. The standard InChI is InChI=1S/C34H41N3O9/c1-42-33(40)29-7-3-5-27(35-29)23-24-13-17-44-19-15-37(16-20-46-22-21-45-18-14-24)31(25-9-11-26(12-10-25)32(38)39)28-6-4-8-30(36-28)34(41)43-2/h3-12,24,31H,13-23H2,1-2H3,(H,38,39). The van der Waals surface area contributed by atoms with Gasteiger partial charge in [0.1, 0.15) is 11.4 Å². The van der Waals surface area contributed by atoms with E-state index in [1.807, 2.05) is 12.1 Å². The van der Waals surface area contributed by atoms with Crippen molar-refractivity contribution in [3.63, 3.8) is 0 Å². The van der Waals surface area contributed by atoms with Crippen LogP contribution in [0.3, 0.4) is 0 Å². The topological polar surface area (TPSA) is 147 Å². The average Bonchev–Trinajstić information content (AvgIpc) is 3.09. The quantitative estimate of drug-likeness (QED) is 0.359. The molecular formula is C34H41N3O9. The van der Waals surface area contributed by atoms with Crippen molar-refractivity contribution >= 4 is 17.9 Å². The Labute approximate surface area is 268 Å². The maximum absolute atomic E-state index is 12.3. The van der Waals surface area contributed by atoms with Crippen molar-refractivity contribution < 1.29 is 43.2 Å². The molecule has 3 heterocycles. The molecule has 0 saturated carbocycles. The summed E-state index contributed by atoms with van der Waals surface area (Å²) in [4.78, 5) is 47.1. The number of esters is 2. The molecule has 2 aromatic heterocycles. The molecule has 0 radical (unpaired) electrons. The minimum atomic E-state index is -1.02. The first kappa shape index (κ1) is 34.6. The molecule has 0 amide bonds. The molecule has 1 N–H and O–H groups in total. The van der Waals surface area contributed by atoms with Crippen LogP contribution >= 0.6 is 0 Å². The Morgan fingerprint density at radius 3 is 1.96 bits per heavy atom. The highest BCUT2D eigenvalue weighted by Gasteiger charge is 2.25. The summed E-state index contributed by atoms with van der Waals surface area (Å²) in [5.41, 5.74) is 2.84. The van der Waals surface area contributed by atoms with Gasteiger partial charge in [-0.05, 0) is 67.1 Å². The maximum atomic E-state index is 12.3. The second kappa shape index (κ2) is 18.1. The van der Waals surface area contributed by atoms with E-state index in [2.05, 4.69) is 14.9 Å². The van der Waals surface area contributed by atoms with Gasteiger partial charge in [0.25, 0.3) is 0 Å². The number of ether oxygens (including phenoxy) is 5. The molecule has 2 atom stereocenters. The first-order valence-corrected chi connectivity index (χ1v) is 15.3. The summed E-state index contributed by atoms with van der Waals surface area (Å²) in [5.74, 6) is -1.82. The lowest BCUT2D eigenvalue weighted by molar-refractivity contribution is 0.0300. The van der Waals surface area contributed by atoms with Crippen LogP contribution in [0.4, 0.5) is 0 Å². The van der Waals surface area contributed by atoms with E-state index in [1.165, 1.54) is 14.2 Å². The summed E-state index contributed by atoms with van der Waals surface area (Å²) in [6.07, 6.45) is 2.24. The fourth-order valence-electron chi connectivity index (χ4n) is 5.31. The molecule has 0 aliphatic carbocycles. The zero-order valence-electron chi connectivity index (χ0n) is 26.3. The van der Waals surface area contributed by atoms with Gasteiger partial charge >= 0.3 is 17.9 Å². The highest BCUT2D eigenvalue weighted by atomic mass is 16.5. The van der Waals surface area contributed by atoms with Crippen molar-refractivity contribution in [1.82, 2.24) is 14.9 Å². The van der Waals surface area contributed by atoms with Crippen molar-refractivity contribution in [2.75, 3.05) is 67.0 Å². The molecule has 1 aliphatic rings. The van der Waals surface area contributed by atoms with E-state index in [9.17, 15) is 19.5 Å². The number of hydrogen-bond acceptors (Lipinski definition) is 11. The van der Waals surface area contributed by atoms with Gasteiger partial charge in [-0.15, -0.1) is 0 Å². The minimum absolute atomic E-state index is 0.171. The summed E-state index contributed by atoms with van der Waals surface area (Å²) >= 11 is 0. The lowest BCUT2D eigenvalue weighted by Crippen LogP contribution is -2.36. The molecule has 1 aliphatic heterocycles. The van der Waals surface area contributed by atoms with Crippen molar-refractivity contribution in [2.24, 2.45) is 5.92 Å². The van der Waals surface area contributed by atoms with E-state index in [4.69, 9.17) is 23.7 Å². The van der Waals surface area contributed by atoms with Gasteiger partial charge in [-0.3, -0.25) is 4.90 Å². The number of rotatable bonds is 8. The molecule has 0 spiro atoms. The second-order valence-corrected chi connectivity index (χ2v) is 10.8. The first-order chi connectivity index (χ1) is 22.4. The number of aromatic nitrogens is 2. The van der Waals surface area contributed by atoms with Crippen LogP contribution in [0.2, 0.25) is 0 Å². The van der Waals surface area contributed by atoms with Crippen LogP contribution in [0.1, 0.15) is 67.2 Å². The summed E-state index contributed by atoms with van der Waals surface area (Å²) in [6.45, 7) is 3.81. The number of methoxy groups -OCH3 is 2. The lowest BCUT2D eigenvalue weighted by Gasteiger charge is -2.32. The van der Waals surface area contributed by atoms with E-state index in [-0.39, 0.29) is 22.9 Å². The number of carboxylic acid groups (broad SMARTS) is 1. The first-order valence-electron chi connectivity index (χ1n) is 15.3. The zero-order valence-corrected chi connectivity index (χ0v) is 26.3. The molecule has 2 unspecified atom stereocenters. The average molecular weight is 636 g/mol. The van der Waals surface area contributed by atoms with Gasteiger partial charge in [-0.25, -0.2) is 24.4 Å². The van der Waals surface area contributed by atoms with Gasteiger partial charge < -0.3 is 28.8 Å². The number of aromatic carboxylic acids is 1. The van der Waals surface area contributed by atoms with Crippen molar-refractivity contribution in [3.05, 3.63) is 94.6 Å². The Morgan fingerprint density at radius 1 is 0.783 bits per heavy atom. The number of benzene rings is 1. The Morgan fingerprint density at radius 2 is 1.35 bits per heavy atom. The third-order valence-corrected chi connectivity index (χ3v) is 7.74. The summed E-state index contributed by atoms with van der Waals surface area (Å²) in [7, 11) is 2.64. The van der Waals surface area contributed by atoms with Crippen LogP contribution in [0, 0.1) is 5.92 Å². The molecule has 0 bridgehead atoms. The Bertz CT molecular complexity index is 1430. The highest BCUT2D eigenvalue weighted by molar-refractivity contribution is 5.88. The largest absolute Gasteiger partial charge is 0.478 e. The Kier molecular flexibility index (Phi) is 13.6. The normalized spacial score (nSPS) is 18.0. The van der Waals surface area contributed by atoms with E-state index in [0.717, 1.165) is 24.1 Å². The van der Waals surface area contributed by atoms with E-state index in [1.54, 1.807) is 48.5 Å². The highest BCUT2D eigenvalue weighted by Crippen LogP contribution is 2.28. The van der Waals surface area contributed by atoms with Crippen LogP contribution in [0.5, 0.6) is 0 Å². The fourth-order valence-corrected chi connectivity index (χ4v) is 5.31. The van der Waals surface area contributed by atoms with Crippen LogP contribution in [-0.2, 0) is 30.1 Å². The third kappa shape index (κ3) is 10.1. The monoisotopic (exact) mass is 635 g/mol. The van der Waals surface area contributed by atoms with Crippen LogP contribution in [0.25, 0.3) is 0 Å². The molecule has 1 fully saturated rings. The van der Waals surface area contributed by atoms with Gasteiger partial charge in [-0.1, -0.05) is 24.3 Å². The van der Waals surface area contributed by atoms with Crippen molar-refractivity contribution in [2.45, 2.75) is 25.3 Å². The SMILES string of the molecule is COC(=O)c1cccc(CC2CCOCCOCCN(C(c3ccc(C(=O)O)cc3)c3cccc(C(=O)OC)n3)CCOCC2)n1. The molecule has 1 aromatic carbocycles. The number of carbonyl (C=O) groups excluding carboxylic acids is 2. The maximum Gasteiger partial charge on any atom is 0.356 e. The summed E-state index contributed by atoms with van der Waals surface area (Å²) in [5, 5.41) is 9.45. The van der Waals surface area contributed by atoms with E-state index in [0.29, 0.717) is 64.8 Å². The van der Waals surface area contributed by atoms with E-state index < -0.39 is 23.9 Å². The summed E-state index contributed by atoms with van der Waals surface area (Å²) in [6, 6.07) is 16.7. The Balaban J connectivity index is 1.52. The molecular weight excluding hydrogens is 594 g/mol. The molecule has 46 heavy (non-hydrogen) atoms. The number of hydrogen-bond donors (Lipinski definition) is 1. The van der Waals surface area contributed by atoms with E-state index >= 15 is 0 Å². The lowest BCUT2D eigenvalue weighted by atomic mass is 9.96. The molecule has 246 valence electrons. The van der Waals surface area contributed by atoms with Crippen LogP contribution in [0.15, 0.2) is 60.7 Å². The van der Waals surface area contributed by atoms with Gasteiger partial charge in [0.2, 0.25) is 0 Å². The van der Waals surface area contributed by atoms with Gasteiger partial charge in [-0.2, -0.15) is 0 Å². The number of carboxylic acids is 1. The fraction of sp³-hybridized carbons (Fsp3) is 0.441. The predicted octanol–water partition coefficient (Wildman–Crippen LogP) is 3.84. The number of carbonyl (C=O) groups is 3. The van der Waals surface area contributed by atoms with Crippen LogP contribution < -0.4 is 0 Å². The number of pyridine rings is 2. The smallest absolute Gasteiger partial charge is 0.356 e. The van der Waals surface area contributed by atoms with Crippen molar-refractivity contribution in [1.29, 1.82) is 0 Å². The number of nitrogens with zero attached hydrogens (tertiary/aromatic N) is 3. The van der Waals surface area contributed by atoms with Crippen molar-refractivity contribution in [3.8, 4) is 0 Å². The molecule has 12 nitrogen and oxygen atoms in total. The zero-order chi connectivity index (χ0) is 32.7. The predicted molar refractivity (Wildman–Crippen MR) is 167 cm³/mol. The summed E-state index contributed by atoms with van der Waals surface area (Å²) < 4.78 is 27.7. The third-order valence-electron chi connectivity index (χ3n) is 7.74. The van der Waals surface area contributed by atoms with Gasteiger partial charge in [0.15, 0.2) is 0 Å². The van der Waals surface area contributed by atoms with Crippen LogP contribution in [-0.4, -0.2) is 105 Å². The molecule has 3 aromatic rings. The molecule has 12 heteroatoms. The van der Waals surface area contributed by atoms with Gasteiger partial charge in [0, 0.05) is 32.0 Å².